The van der Waals surface area contributed by atoms with Crippen molar-refractivity contribution < 1.29 is 19.8 Å². The molecule has 0 aliphatic carbocycles. The van der Waals surface area contributed by atoms with Crippen LogP contribution in [0.4, 0.5) is 0 Å². The van der Waals surface area contributed by atoms with Gasteiger partial charge in [-0.05, 0) is 0 Å². The fraction of sp³-hybridized carbons (Fsp3) is 0.778. The molecule has 1 rings (SSSR count). The third kappa shape index (κ3) is 2.63. The number of nitrogens with zero attached hydrogens (tertiary/aromatic N) is 1. The van der Waals surface area contributed by atoms with E-state index in [9.17, 15) is 14.7 Å². The van der Waals surface area contributed by atoms with Gasteiger partial charge in [-0.3, -0.25) is 4.79 Å². The molecule has 1 saturated heterocycles. The van der Waals surface area contributed by atoms with Crippen molar-refractivity contribution in [3.05, 3.63) is 0 Å². The smallest absolute Gasteiger partial charge is 0.326 e. The minimum Gasteiger partial charge on any atom is -0.480 e. The van der Waals surface area contributed by atoms with Crippen molar-refractivity contribution >= 4 is 24.5 Å². The van der Waals surface area contributed by atoms with Gasteiger partial charge in [0.05, 0.1) is 6.10 Å². The summed E-state index contributed by atoms with van der Waals surface area (Å²) < 4.78 is 0. The predicted octanol–water partition coefficient (Wildman–Crippen LogP) is -0.401. The number of rotatable bonds is 3. The SMILES string of the molecule is C[C@H](CS)C(=O)N1CC(O)C[C@H]1C(=O)O. The number of carboxylic acid groups (broad SMARTS) is 1. The molecule has 0 aromatic carbocycles. The highest BCUT2D eigenvalue weighted by Gasteiger charge is 2.39. The Bertz CT molecular complexity index is 271. The summed E-state index contributed by atoms with van der Waals surface area (Å²) in [5, 5.41) is 18.2. The van der Waals surface area contributed by atoms with Gasteiger partial charge in [-0.25, -0.2) is 4.79 Å². The number of likely N-dealkylation sites (tertiary alicyclic amines) is 1. The van der Waals surface area contributed by atoms with E-state index in [1.165, 1.54) is 4.90 Å². The Morgan fingerprint density at radius 2 is 2.20 bits per heavy atom. The van der Waals surface area contributed by atoms with Gasteiger partial charge in [-0.1, -0.05) is 6.92 Å². The number of thiol groups is 1. The van der Waals surface area contributed by atoms with Crippen LogP contribution in [0.3, 0.4) is 0 Å². The van der Waals surface area contributed by atoms with E-state index in [2.05, 4.69) is 12.6 Å². The third-order valence-corrected chi connectivity index (χ3v) is 3.09. The molecular formula is C9H15NO4S. The molecule has 0 spiro atoms. The number of hydrogen-bond donors (Lipinski definition) is 3. The number of amides is 1. The lowest BCUT2D eigenvalue weighted by molar-refractivity contribution is -0.149. The fourth-order valence-electron chi connectivity index (χ4n) is 1.65. The average Bonchev–Trinajstić information content (AvgIpc) is 2.58. The number of aliphatic carboxylic acids is 1. The second kappa shape index (κ2) is 4.85. The molecule has 0 bridgehead atoms. The Hall–Kier alpha value is -0.750. The lowest BCUT2D eigenvalue weighted by Gasteiger charge is -2.23. The molecular weight excluding hydrogens is 218 g/mol. The third-order valence-electron chi connectivity index (χ3n) is 2.54. The molecule has 1 heterocycles. The molecule has 0 aromatic rings. The maximum Gasteiger partial charge on any atom is 0.326 e. The van der Waals surface area contributed by atoms with E-state index in [1.807, 2.05) is 0 Å². The van der Waals surface area contributed by atoms with Crippen LogP contribution in [0, 0.1) is 5.92 Å². The van der Waals surface area contributed by atoms with Crippen LogP contribution in [-0.4, -0.2) is 51.4 Å². The second-order valence-electron chi connectivity index (χ2n) is 3.82. The van der Waals surface area contributed by atoms with E-state index < -0.39 is 18.1 Å². The molecule has 2 N–H and O–H groups in total. The Labute approximate surface area is 93.5 Å². The van der Waals surface area contributed by atoms with Crippen molar-refractivity contribution in [2.24, 2.45) is 5.92 Å². The van der Waals surface area contributed by atoms with E-state index in [0.717, 1.165) is 0 Å². The number of β-amino-alcohol motifs (C(OH)–C–C–N with tert-alkyl or cyclic N) is 1. The van der Waals surface area contributed by atoms with E-state index in [4.69, 9.17) is 5.11 Å². The molecule has 3 atom stereocenters. The molecule has 6 heteroatoms. The van der Waals surface area contributed by atoms with Gasteiger partial charge in [-0.2, -0.15) is 12.6 Å². The zero-order chi connectivity index (χ0) is 11.6. The topological polar surface area (TPSA) is 77.8 Å². The van der Waals surface area contributed by atoms with Crippen LogP contribution in [0.15, 0.2) is 0 Å². The van der Waals surface area contributed by atoms with Gasteiger partial charge in [0.25, 0.3) is 0 Å². The predicted molar refractivity (Wildman–Crippen MR) is 56.8 cm³/mol. The van der Waals surface area contributed by atoms with Crippen LogP contribution in [0.2, 0.25) is 0 Å². The first kappa shape index (κ1) is 12.3. The number of hydrogen-bond acceptors (Lipinski definition) is 4. The molecule has 1 aliphatic heterocycles. The Morgan fingerprint density at radius 3 is 2.67 bits per heavy atom. The minimum absolute atomic E-state index is 0.105. The molecule has 1 unspecified atom stereocenters. The summed E-state index contributed by atoms with van der Waals surface area (Å²) in [5.41, 5.74) is 0. The van der Waals surface area contributed by atoms with E-state index in [1.54, 1.807) is 6.92 Å². The van der Waals surface area contributed by atoms with Crippen LogP contribution in [-0.2, 0) is 9.59 Å². The monoisotopic (exact) mass is 233 g/mol. The standard InChI is InChI=1S/C9H15NO4S/c1-5(4-15)8(12)10-3-6(11)2-7(10)9(13)14/h5-7,11,15H,2-4H2,1H3,(H,13,14)/t5-,6?,7+/m1/s1. The van der Waals surface area contributed by atoms with E-state index >= 15 is 0 Å². The van der Waals surface area contributed by atoms with Crippen LogP contribution >= 0.6 is 12.6 Å². The van der Waals surface area contributed by atoms with Gasteiger partial charge in [0.15, 0.2) is 0 Å². The number of carbonyl (C=O) groups excluding carboxylic acids is 1. The van der Waals surface area contributed by atoms with Crippen molar-refractivity contribution in [3.8, 4) is 0 Å². The van der Waals surface area contributed by atoms with Gasteiger partial charge in [0.1, 0.15) is 6.04 Å². The maximum atomic E-state index is 11.7. The highest BCUT2D eigenvalue weighted by molar-refractivity contribution is 7.80. The first-order valence-corrected chi connectivity index (χ1v) is 5.42. The highest BCUT2D eigenvalue weighted by Crippen LogP contribution is 2.20. The Balaban J connectivity index is 2.75. The molecule has 0 aromatic heterocycles. The van der Waals surface area contributed by atoms with Crippen molar-refractivity contribution in [2.75, 3.05) is 12.3 Å². The first-order valence-electron chi connectivity index (χ1n) is 4.79. The lowest BCUT2D eigenvalue weighted by Crippen LogP contribution is -2.43. The summed E-state index contributed by atoms with van der Waals surface area (Å²) in [6.07, 6.45) is -0.623. The normalized spacial score (nSPS) is 27.8. The van der Waals surface area contributed by atoms with E-state index in [-0.39, 0.29) is 24.8 Å². The quantitative estimate of drug-likeness (QED) is 0.580. The summed E-state index contributed by atoms with van der Waals surface area (Å²) >= 11 is 3.99. The summed E-state index contributed by atoms with van der Waals surface area (Å²) in [6.45, 7) is 1.80. The minimum atomic E-state index is -1.06. The Morgan fingerprint density at radius 1 is 1.60 bits per heavy atom. The zero-order valence-corrected chi connectivity index (χ0v) is 9.35. The van der Waals surface area contributed by atoms with Crippen molar-refractivity contribution in [1.29, 1.82) is 0 Å². The maximum absolute atomic E-state index is 11.7. The fourth-order valence-corrected chi connectivity index (χ4v) is 1.81. The van der Waals surface area contributed by atoms with Gasteiger partial charge in [0.2, 0.25) is 5.91 Å². The van der Waals surface area contributed by atoms with Crippen molar-refractivity contribution in [3.63, 3.8) is 0 Å². The summed E-state index contributed by atoms with van der Waals surface area (Å²) in [5.74, 6) is -1.27. The molecule has 0 radical (unpaired) electrons. The van der Waals surface area contributed by atoms with Crippen LogP contribution in [0.25, 0.3) is 0 Å². The lowest BCUT2D eigenvalue weighted by atomic mass is 10.1. The van der Waals surface area contributed by atoms with Crippen molar-refractivity contribution in [2.45, 2.75) is 25.5 Å². The van der Waals surface area contributed by atoms with Crippen LogP contribution in [0.1, 0.15) is 13.3 Å². The molecule has 5 nitrogen and oxygen atoms in total. The number of carbonyl (C=O) groups is 2. The molecule has 15 heavy (non-hydrogen) atoms. The van der Waals surface area contributed by atoms with Crippen molar-refractivity contribution in [1.82, 2.24) is 4.90 Å². The van der Waals surface area contributed by atoms with Crippen LogP contribution in [0.5, 0.6) is 0 Å². The summed E-state index contributed by atoms with van der Waals surface area (Å²) in [4.78, 5) is 23.8. The van der Waals surface area contributed by atoms with Gasteiger partial charge >= 0.3 is 5.97 Å². The molecule has 1 aliphatic rings. The molecule has 1 fully saturated rings. The van der Waals surface area contributed by atoms with Gasteiger partial charge < -0.3 is 15.1 Å². The van der Waals surface area contributed by atoms with Gasteiger partial charge in [0, 0.05) is 24.6 Å². The van der Waals surface area contributed by atoms with Gasteiger partial charge in [-0.15, -0.1) is 0 Å². The average molecular weight is 233 g/mol. The number of aliphatic hydroxyl groups is 1. The van der Waals surface area contributed by atoms with E-state index in [0.29, 0.717) is 5.75 Å². The number of carboxylic acids is 1. The zero-order valence-electron chi connectivity index (χ0n) is 8.46. The number of aliphatic hydroxyl groups excluding tert-OH is 1. The second-order valence-corrected chi connectivity index (χ2v) is 4.18. The molecule has 86 valence electrons. The summed E-state index contributed by atoms with van der Waals surface area (Å²) in [6, 6.07) is -0.894. The Kier molecular flexibility index (Phi) is 3.98. The highest BCUT2D eigenvalue weighted by atomic mass is 32.1. The van der Waals surface area contributed by atoms with Crippen LogP contribution < -0.4 is 0 Å². The largest absolute Gasteiger partial charge is 0.480 e. The molecule has 1 amide bonds. The summed E-state index contributed by atoms with van der Waals surface area (Å²) in [7, 11) is 0. The molecule has 0 saturated carbocycles. The first-order chi connectivity index (χ1) is 6.97.